The largest absolute Gasteiger partial charge is 0.492 e. The molecule has 0 bridgehead atoms. The summed E-state index contributed by atoms with van der Waals surface area (Å²) in [5.41, 5.74) is 5.50. The molecule has 0 aliphatic carbocycles. The molecule has 3 rings (SSSR count). The first kappa shape index (κ1) is 21.2. The summed E-state index contributed by atoms with van der Waals surface area (Å²) in [5, 5.41) is 7.55. The molecule has 0 atom stereocenters. The molecule has 1 saturated heterocycles. The van der Waals surface area contributed by atoms with Gasteiger partial charge < -0.3 is 19.6 Å². The number of nitrogens with one attached hydrogen (secondary N) is 1. The number of guanidine groups is 1. The van der Waals surface area contributed by atoms with Gasteiger partial charge in [-0.2, -0.15) is 8.42 Å². The van der Waals surface area contributed by atoms with E-state index < -0.39 is 10.1 Å². The maximum Gasteiger partial charge on any atom is 0.340 e. The molecule has 1 aliphatic rings. The molecule has 1 aliphatic heterocycles. The third-order valence-corrected chi connectivity index (χ3v) is 6.25. The zero-order valence-electron chi connectivity index (χ0n) is 15.8. The summed E-state index contributed by atoms with van der Waals surface area (Å²) < 4.78 is 35.8. The predicted molar refractivity (Wildman–Crippen MR) is 111 cm³/mol. The van der Waals surface area contributed by atoms with Crippen LogP contribution < -0.4 is 14.7 Å². The molecule has 156 valence electrons. The Morgan fingerprint density at radius 2 is 1.76 bits per heavy atom. The molecule has 8 nitrogen and oxygen atoms in total. The number of ether oxygens (including phenoxy) is 1. The van der Waals surface area contributed by atoms with Crippen LogP contribution in [0.15, 0.2) is 53.4 Å². The van der Waals surface area contributed by atoms with E-state index in [1.165, 1.54) is 18.2 Å². The average Bonchev–Trinajstić information content (AvgIpc) is 2.68. The summed E-state index contributed by atoms with van der Waals surface area (Å²) in [6, 6.07) is 12.6. The summed E-state index contributed by atoms with van der Waals surface area (Å²) >= 11 is 5.96. The molecule has 3 N–H and O–H groups in total. The molecule has 2 aromatic carbocycles. The van der Waals surface area contributed by atoms with E-state index in [0.29, 0.717) is 12.4 Å². The van der Waals surface area contributed by atoms with Crippen molar-refractivity contribution in [2.75, 3.05) is 39.3 Å². The van der Waals surface area contributed by atoms with Crippen molar-refractivity contribution < 1.29 is 17.3 Å². The van der Waals surface area contributed by atoms with Crippen molar-refractivity contribution >= 4 is 27.7 Å². The van der Waals surface area contributed by atoms with Crippen LogP contribution in [0.2, 0.25) is 5.02 Å². The molecular formula is C19H23ClN4O4S. The first-order valence-corrected chi connectivity index (χ1v) is 10.9. The average molecular weight is 439 g/mol. The molecular weight excluding hydrogens is 416 g/mol. The first-order chi connectivity index (χ1) is 13.8. The molecule has 0 spiro atoms. The van der Waals surface area contributed by atoms with Crippen molar-refractivity contribution in [2.45, 2.75) is 4.90 Å². The Kier molecular flexibility index (Phi) is 6.83. The highest BCUT2D eigenvalue weighted by Gasteiger charge is 2.20. The second-order valence-electron chi connectivity index (χ2n) is 6.51. The second kappa shape index (κ2) is 9.34. The van der Waals surface area contributed by atoms with E-state index in [4.69, 9.17) is 31.7 Å². The topological polar surface area (TPSA) is 109 Å². The minimum absolute atomic E-state index is 0.0855. The van der Waals surface area contributed by atoms with Crippen LogP contribution in [0.25, 0.3) is 0 Å². The van der Waals surface area contributed by atoms with Gasteiger partial charge in [-0.3, -0.25) is 10.3 Å². The zero-order chi connectivity index (χ0) is 20.9. The molecule has 0 aromatic heterocycles. The van der Waals surface area contributed by atoms with E-state index in [1.54, 1.807) is 30.3 Å². The van der Waals surface area contributed by atoms with Crippen LogP contribution >= 0.6 is 11.6 Å². The Bertz CT molecular complexity index is 962. The Hall–Kier alpha value is -2.49. The standard InChI is InChI=1S/C19H23ClN4O4S/c20-17-6-1-2-7-18(17)29(25,26)28-16-5-3-4-15(14-16)27-13-12-23-8-10-24(11-9-23)19(21)22/h1-7,14H,8-13H2,(H3,21,22). The maximum absolute atomic E-state index is 12.4. The third-order valence-electron chi connectivity index (χ3n) is 4.51. The number of hydrogen-bond acceptors (Lipinski definition) is 6. The van der Waals surface area contributed by atoms with Crippen molar-refractivity contribution in [1.82, 2.24) is 9.80 Å². The minimum atomic E-state index is -4.04. The number of benzene rings is 2. The van der Waals surface area contributed by atoms with Gasteiger partial charge in [0.15, 0.2) is 5.96 Å². The fourth-order valence-corrected chi connectivity index (χ4v) is 4.36. The van der Waals surface area contributed by atoms with Gasteiger partial charge in [-0.05, 0) is 24.3 Å². The Labute approximate surface area is 175 Å². The lowest BCUT2D eigenvalue weighted by molar-refractivity contribution is 0.153. The highest BCUT2D eigenvalue weighted by molar-refractivity contribution is 7.87. The van der Waals surface area contributed by atoms with Crippen molar-refractivity contribution in [2.24, 2.45) is 5.73 Å². The summed E-state index contributed by atoms with van der Waals surface area (Å²) in [7, 11) is -4.04. The second-order valence-corrected chi connectivity index (χ2v) is 8.43. The molecule has 0 saturated carbocycles. The molecule has 0 amide bonds. The lowest BCUT2D eigenvalue weighted by Gasteiger charge is -2.34. The quantitative estimate of drug-likeness (QED) is 0.386. The highest BCUT2D eigenvalue weighted by Crippen LogP contribution is 2.26. The summed E-state index contributed by atoms with van der Waals surface area (Å²) in [6.45, 7) is 4.22. The molecule has 0 unspecified atom stereocenters. The van der Waals surface area contributed by atoms with E-state index in [9.17, 15) is 8.42 Å². The summed E-state index contributed by atoms with van der Waals surface area (Å²) in [4.78, 5) is 3.97. The van der Waals surface area contributed by atoms with Crippen molar-refractivity contribution in [3.05, 3.63) is 53.6 Å². The zero-order valence-corrected chi connectivity index (χ0v) is 17.3. The fourth-order valence-electron chi connectivity index (χ4n) is 2.94. The van der Waals surface area contributed by atoms with Gasteiger partial charge in [0.1, 0.15) is 23.0 Å². The number of halogens is 1. The van der Waals surface area contributed by atoms with Crippen LogP contribution in [0.5, 0.6) is 11.5 Å². The lowest BCUT2D eigenvalue weighted by atomic mass is 10.3. The summed E-state index contributed by atoms with van der Waals surface area (Å²) in [5.74, 6) is 0.765. The van der Waals surface area contributed by atoms with E-state index in [2.05, 4.69) is 4.90 Å². The number of nitrogens with two attached hydrogens (primary N) is 1. The van der Waals surface area contributed by atoms with Gasteiger partial charge in [0.25, 0.3) is 0 Å². The summed E-state index contributed by atoms with van der Waals surface area (Å²) in [6.07, 6.45) is 0. The smallest absolute Gasteiger partial charge is 0.340 e. The Balaban J connectivity index is 1.54. The van der Waals surface area contributed by atoms with E-state index in [-0.39, 0.29) is 21.6 Å². The van der Waals surface area contributed by atoms with Gasteiger partial charge in [0, 0.05) is 38.8 Å². The van der Waals surface area contributed by atoms with Crippen LogP contribution in [-0.4, -0.2) is 63.5 Å². The van der Waals surface area contributed by atoms with Gasteiger partial charge in [-0.15, -0.1) is 0 Å². The molecule has 29 heavy (non-hydrogen) atoms. The van der Waals surface area contributed by atoms with Crippen LogP contribution in [0.4, 0.5) is 0 Å². The van der Waals surface area contributed by atoms with Crippen LogP contribution in [0, 0.1) is 5.41 Å². The molecule has 1 fully saturated rings. The SMILES string of the molecule is N=C(N)N1CCN(CCOc2cccc(OS(=O)(=O)c3ccccc3Cl)c2)CC1. The van der Waals surface area contributed by atoms with Gasteiger partial charge in [-0.25, -0.2) is 0 Å². The van der Waals surface area contributed by atoms with E-state index in [0.717, 1.165) is 32.7 Å². The normalized spacial score (nSPS) is 15.1. The maximum atomic E-state index is 12.4. The Morgan fingerprint density at radius 1 is 1.07 bits per heavy atom. The lowest BCUT2D eigenvalue weighted by Crippen LogP contribution is -2.51. The minimum Gasteiger partial charge on any atom is -0.492 e. The van der Waals surface area contributed by atoms with Gasteiger partial charge in [0.2, 0.25) is 0 Å². The van der Waals surface area contributed by atoms with Crippen molar-refractivity contribution in [1.29, 1.82) is 5.41 Å². The number of piperazine rings is 1. The fraction of sp³-hybridized carbons (Fsp3) is 0.316. The number of nitrogens with zero attached hydrogens (tertiary/aromatic N) is 2. The molecule has 10 heteroatoms. The van der Waals surface area contributed by atoms with Gasteiger partial charge >= 0.3 is 10.1 Å². The highest BCUT2D eigenvalue weighted by atomic mass is 35.5. The van der Waals surface area contributed by atoms with Crippen molar-refractivity contribution in [3.63, 3.8) is 0 Å². The molecule has 2 aromatic rings. The number of rotatable bonds is 7. The first-order valence-electron chi connectivity index (χ1n) is 9.08. The predicted octanol–water partition coefficient (Wildman–Crippen LogP) is 2.00. The van der Waals surface area contributed by atoms with Gasteiger partial charge in [0.05, 0.1) is 5.02 Å². The third kappa shape index (κ3) is 5.75. The van der Waals surface area contributed by atoms with Crippen LogP contribution in [-0.2, 0) is 10.1 Å². The van der Waals surface area contributed by atoms with Gasteiger partial charge in [-0.1, -0.05) is 29.8 Å². The van der Waals surface area contributed by atoms with Crippen molar-refractivity contribution in [3.8, 4) is 11.5 Å². The molecule has 0 radical (unpaired) electrons. The van der Waals surface area contributed by atoms with E-state index in [1.807, 2.05) is 4.90 Å². The molecule has 1 heterocycles. The van der Waals surface area contributed by atoms with E-state index >= 15 is 0 Å². The Morgan fingerprint density at radius 3 is 2.45 bits per heavy atom. The van der Waals surface area contributed by atoms with Crippen LogP contribution in [0.3, 0.4) is 0 Å². The number of hydrogen-bond donors (Lipinski definition) is 2. The monoisotopic (exact) mass is 438 g/mol. The van der Waals surface area contributed by atoms with Crippen LogP contribution in [0.1, 0.15) is 0 Å².